The second kappa shape index (κ2) is 5.38. The number of carbonyl (C=O) groups excluding carboxylic acids is 1. The maximum Gasteiger partial charge on any atom is 0.308 e. The summed E-state index contributed by atoms with van der Waals surface area (Å²) in [6.45, 7) is 4.61. The molecule has 0 aromatic carbocycles. The molecule has 2 rings (SSSR count). The minimum atomic E-state index is -0.919. The summed E-state index contributed by atoms with van der Waals surface area (Å²) in [5, 5.41) is 12.7. The molecule has 2 heterocycles. The van der Waals surface area contributed by atoms with Gasteiger partial charge in [-0.15, -0.1) is 0 Å². The van der Waals surface area contributed by atoms with Crippen LogP contribution in [0.4, 0.5) is 0 Å². The molecule has 1 atom stereocenters. The van der Waals surface area contributed by atoms with E-state index in [4.69, 9.17) is 9.63 Å². The van der Waals surface area contributed by atoms with E-state index in [2.05, 4.69) is 10.1 Å². The fraction of sp³-hybridized carbons (Fsp3) is 0.667. The summed E-state index contributed by atoms with van der Waals surface area (Å²) in [5.41, 5.74) is 0. The van der Waals surface area contributed by atoms with Gasteiger partial charge in [0.05, 0.1) is 5.92 Å². The number of rotatable bonds is 5. The summed E-state index contributed by atoms with van der Waals surface area (Å²) in [4.78, 5) is 28.2. The first-order chi connectivity index (χ1) is 8.97. The quantitative estimate of drug-likeness (QED) is 0.842. The van der Waals surface area contributed by atoms with E-state index in [0.717, 1.165) is 0 Å². The topological polar surface area (TPSA) is 96.5 Å². The number of carbonyl (C=O) groups is 2. The molecule has 0 unspecified atom stereocenters. The molecule has 7 heteroatoms. The maximum absolute atomic E-state index is 11.6. The number of nitrogens with zero attached hydrogens (tertiary/aromatic N) is 3. The summed E-state index contributed by atoms with van der Waals surface area (Å²) < 4.78 is 5.07. The highest BCUT2D eigenvalue weighted by atomic mass is 16.5. The van der Waals surface area contributed by atoms with Gasteiger partial charge in [0.15, 0.2) is 5.82 Å². The molecule has 1 aliphatic rings. The van der Waals surface area contributed by atoms with Crippen molar-refractivity contribution in [3.8, 4) is 0 Å². The lowest BCUT2D eigenvalue weighted by molar-refractivity contribution is -0.141. The number of likely N-dealkylation sites (tertiary alicyclic amines) is 1. The van der Waals surface area contributed by atoms with E-state index in [1.54, 1.807) is 4.90 Å². The van der Waals surface area contributed by atoms with E-state index in [1.165, 1.54) is 0 Å². The van der Waals surface area contributed by atoms with Crippen molar-refractivity contribution in [1.29, 1.82) is 0 Å². The van der Waals surface area contributed by atoms with Crippen molar-refractivity contribution in [3.05, 3.63) is 11.7 Å². The normalized spacial score (nSPS) is 19.4. The molecule has 1 N–H and O–H groups in total. The van der Waals surface area contributed by atoms with Gasteiger partial charge >= 0.3 is 5.97 Å². The molecule has 19 heavy (non-hydrogen) atoms. The third-order valence-electron chi connectivity index (χ3n) is 3.15. The Kier molecular flexibility index (Phi) is 3.82. The predicted molar refractivity (Wildman–Crippen MR) is 64.4 cm³/mol. The maximum atomic E-state index is 11.6. The fourth-order valence-electron chi connectivity index (χ4n) is 1.99. The highest BCUT2D eigenvalue weighted by molar-refractivity contribution is 5.86. The van der Waals surface area contributed by atoms with Gasteiger partial charge in [0, 0.05) is 31.8 Å². The minimum Gasteiger partial charge on any atom is -0.481 e. The van der Waals surface area contributed by atoms with E-state index in [1.807, 2.05) is 13.8 Å². The van der Waals surface area contributed by atoms with E-state index < -0.39 is 11.9 Å². The first-order valence-corrected chi connectivity index (χ1v) is 6.30. The molecule has 0 saturated carbocycles. The minimum absolute atomic E-state index is 0.0822. The zero-order valence-corrected chi connectivity index (χ0v) is 11.0. The lowest BCUT2D eigenvalue weighted by Gasteiger charge is -2.14. The van der Waals surface area contributed by atoms with Gasteiger partial charge in [0.1, 0.15) is 0 Å². The second-order valence-electron chi connectivity index (χ2n) is 5.03. The van der Waals surface area contributed by atoms with Crippen LogP contribution in [-0.4, -0.2) is 45.1 Å². The monoisotopic (exact) mass is 267 g/mol. The summed E-state index contributed by atoms with van der Waals surface area (Å²) in [5.74, 6) is -0.339. The van der Waals surface area contributed by atoms with E-state index in [9.17, 15) is 9.59 Å². The van der Waals surface area contributed by atoms with Crippen LogP contribution in [0.25, 0.3) is 0 Å². The Morgan fingerprint density at radius 1 is 1.58 bits per heavy atom. The van der Waals surface area contributed by atoms with Crippen LogP contribution >= 0.6 is 0 Å². The number of hydrogen-bond donors (Lipinski definition) is 1. The van der Waals surface area contributed by atoms with E-state index in [-0.39, 0.29) is 24.8 Å². The third kappa shape index (κ3) is 3.10. The van der Waals surface area contributed by atoms with Crippen molar-refractivity contribution < 1.29 is 19.2 Å². The lowest BCUT2D eigenvalue weighted by Crippen LogP contribution is -2.28. The number of amides is 1. The van der Waals surface area contributed by atoms with Crippen molar-refractivity contribution in [3.63, 3.8) is 0 Å². The van der Waals surface area contributed by atoms with E-state index >= 15 is 0 Å². The van der Waals surface area contributed by atoms with Crippen molar-refractivity contribution in [2.24, 2.45) is 5.92 Å². The van der Waals surface area contributed by atoms with Crippen LogP contribution in [0, 0.1) is 5.92 Å². The number of aliphatic carboxylic acids is 1. The first-order valence-electron chi connectivity index (χ1n) is 6.30. The molecule has 1 aromatic heterocycles. The summed E-state index contributed by atoms with van der Waals surface area (Å²) in [7, 11) is 0. The van der Waals surface area contributed by atoms with Gasteiger partial charge in [-0.3, -0.25) is 9.59 Å². The smallest absolute Gasteiger partial charge is 0.308 e. The van der Waals surface area contributed by atoms with Crippen molar-refractivity contribution in [2.75, 3.05) is 13.1 Å². The number of carboxylic acids is 1. The zero-order chi connectivity index (χ0) is 14.0. The average molecular weight is 267 g/mol. The van der Waals surface area contributed by atoms with Gasteiger partial charge in [0.25, 0.3) is 0 Å². The number of hydrogen-bond acceptors (Lipinski definition) is 5. The molecule has 1 saturated heterocycles. The average Bonchev–Trinajstić information content (AvgIpc) is 2.93. The molecule has 0 bridgehead atoms. The highest BCUT2D eigenvalue weighted by Gasteiger charge is 2.33. The van der Waals surface area contributed by atoms with Gasteiger partial charge in [-0.25, -0.2) is 0 Å². The Balaban J connectivity index is 1.88. The summed E-state index contributed by atoms with van der Waals surface area (Å²) in [6.07, 6.45) is 0.563. The van der Waals surface area contributed by atoms with Crippen LogP contribution in [0.2, 0.25) is 0 Å². The Hall–Kier alpha value is -1.92. The van der Waals surface area contributed by atoms with Crippen LogP contribution in [0.15, 0.2) is 4.52 Å². The van der Waals surface area contributed by atoms with Crippen LogP contribution in [0.5, 0.6) is 0 Å². The molecule has 0 radical (unpaired) electrons. The van der Waals surface area contributed by atoms with Crippen LogP contribution in [0.3, 0.4) is 0 Å². The highest BCUT2D eigenvalue weighted by Crippen LogP contribution is 2.18. The molecule has 0 aliphatic carbocycles. The summed E-state index contributed by atoms with van der Waals surface area (Å²) >= 11 is 0. The Bertz CT molecular complexity index is 483. The molecular formula is C12H17N3O4. The molecule has 1 aromatic rings. The van der Waals surface area contributed by atoms with Crippen LogP contribution in [0.1, 0.15) is 37.9 Å². The fourth-order valence-corrected chi connectivity index (χ4v) is 1.99. The molecule has 7 nitrogen and oxygen atoms in total. The van der Waals surface area contributed by atoms with Crippen LogP contribution in [-0.2, 0) is 16.0 Å². The number of aromatic nitrogens is 2. The largest absolute Gasteiger partial charge is 0.481 e. The van der Waals surface area contributed by atoms with Crippen molar-refractivity contribution in [2.45, 2.75) is 32.6 Å². The Morgan fingerprint density at radius 2 is 2.32 bits per heavy atom. The van der Waals surface area contributed by atoms with Gasteiger partial charge in [-0.1, -0.05) is 19.0 Å². The zero-order valence-electron chi connectivity index (χ0n) is 11.0. The van der Waals surface area contributed by atoms with Gasteiger partial charge in [-0.05, 0) is 0 Å². The Labute approximate surface area is 110 Å². The van der Waals surface area contributed by atoms with E-state index in [0.29, 0.717) is 24.7 Å². The Morgan fingerprint density at radius 3 is 2.84 bits per heavy atom. The standard InChI is InChI=1S/C12H17N3O4/c1-7(2)11-13-9(14-19-11)3-4-15-6-8(12(17)18)5-10(15)16/h7-8H,3-6H2,1-2H3,(H,17,18)/t8-/m0/s1. The molecule has 1 fully saturated rings. The van der Waals surface area contributed by atoms with Crippen molar-refractivity contribution >= 4 is 11.9 Å². The summed E-state index contributed by atoms with van der Waals surface area (Å²) in [6, 6.07) is 0. The van der Waals surface area contributed by atoms with Gasteiger partial charge in [0.2, 0.25) is 11.8 Å². The number of carboxylic acid groups (broad SMARTS) is 1. The lowest BCUT2D eigenvalue weighted by atomic mass is 10.1. The second-order valence-corrected chi connectivity index (χ2v) is 5.03. The molecule has 1 amide bonds. The molecule has 1 aliphatic heterocycles. The van der Waals surface area contributed by atoms with Gasteiger partial charge < -0.3 is 14.5 Å². The predicted octanol–water partition coefficient (Wildman–Crippen LogP) is 0.669. The SMILES string of the molecule is CC(C)c1nc(CCN2C[C@@H](C(=O)O)CC2=O)no1. The van der Waals surface area contributed by atoms with Gasteiger partial charge in [-0.2, -0.15) is 4.98 Å². The van der Waals surface area contributed by atoms with Crippen LogP contribution < -0.4 is 0 Å². The molecule has 0 spiro atoms. The molecule has 104 valence electrons. The molecular weight excluding hydrogens is 250 g/mol. The third-order valence-corrected chi connectivity index (χ3v) is 3.15. The first kappa shape index (κ1) is 13.5. The van der Waals surface area contributed by atoms with Crippen molar-refractivity contribution in [1.82, 2.24) is 15.0 Å².